The van der Waals surface area contributed by atoms with Gasteiger partial charge in [-0.25, -0.2) is 9.59 Å². The van der Waals surface area contributed by atoms with Gasteiger partial charge in [0.15, 0.2) is 0 Å². The molecule has 164 valence electrons. The van der Waals surface area contributed by atoms with Gasteiger partial charge >= 0.3 is 11.6 Å². The Hall–Kier alpha value is -3.16. The molecule has 2 aliphatic rings. The van der Waals surface area contributed by atoms with Gasteiger partial charge in [0.1, 0.15) is 5.58 Å². The molecule has 1 atom stereocenters. The molecule has 1 aromatic heterocycles. The molecule has 0 aliphatic carbocycles. The van der Waals surface area contributed by atoms with Crippen molar-refractivity contribution in [3.8, 4) is 0 Å². The number of amides is 2. The molecule has 8 heteroatoms. The highest BCUT2D eigenvalue weighted by molar-refractivity contribution is 6.01. The van der Waals surface area contributed by atoms with Crippen LogP contribution in [0, 0.1) is 6.92 Å². The second kappa shape index (κ2) is 7.21. The van der Waals surface area contributed by atoms with Crippen LogP contribution in [0.5, 0.6) is 0 Å². The van der Waals surface area contributed by atoms with Gasteiger partial charge in [-0.3, -0.25) is 9.59 Å². The Morgan fingerprint density at radius 2 is 1.84 bits per heavy atom. The van der Waals surface area contributed by atoms with Crippen LogP contribution in [0.1, 0.15) is 62.6 Å². The molecule has 1 unspecified atom stereocenters. The molecular weight excluding hydrogens is 400 g/mol. The number of hydroxylamine groups is 2. The predicted molar refractivity (Wildman–Crippen MR) is 114 cm³/mol. The summed E-state index contributed by atoms with van der Waals surface area (Å²) in [6.07, 6.45) is 0.616. The van der Waals surface area contributed by atoms with E-state index < -0.39 is 23.4 Å². The molecule has 3 heterocycles. The van der Waals surface area contributed by atoms with Crippen molar-refractivity contribution in [2.45, 2.75) is 64.8 Å². The fourth-order valence-electron chi connectivity index (χ4n) is 4.59. The third-order valence-corrected chi connectivity index (χ3v) is 6.56. The number of nitrogens with zero attached hydrogens (tertiary/aromatic N) is 2. The van der Waals surface area contributed by atoms with E-state index in [1.54, 1.807) is 6.92 Å². The Morgan fingerprint density at radius 3 is 2.48 bits per heavy atom. The van der Waals surface area contributed by atoms with Gasteiger partial charge in [-0.2, -0.15) is 0 Å². The van der Waals surface area contributed by atoms with Crippen molar-refractivity contribution in [2.24, 2.45) is 0 Å². The molecule has 0 spiro atoms. The van der Waals surface area contributed by atoms with Crippen LogP contribution >= 0.6 is 0 Å². The van der Waals surface area contributed by atoms with Crippen LogP contribution in [0.3, 0.4) is 0 Å². The topological polar surface area (TPSA) is 97.1 Å². The van der Waals surface area contributed by atoms with E-state index in [1.165, 1.54) is 0 Å². The highest BCUT2D eigenvalue weighted by atomic mass is 16.7. The third-order valence-electron chi connectivity index (χ3n) is 6.56. The van der Waals surface area contributed by atoms with Crippen molar-refractivity contribution in [1.29, 1.82) is 0 Å². The fraction of sp³-hybridized carbons (Fsp3) is 0.478. The van der Waals surface area contributed by atoms with Gasteiger partial charge in [0, 0.05) is 42.6 Å². The molecule has 0 bridgehead atoms. The first-order valence-electron chi connectivity index (χ1n) is 10.4. The normalized spacial score (nSPS) is 20.4. The van der Waals surface area contributed by atoms with E-state index in [9.17, 15) is 19.2 Å². The quantitative estimate of drug-likeness (QED) is 0.550. The number of benzene rings is 1. The zero-order valence-electron chi connectivity index (χ0n) is 18.4. The zero-order chi connectivity index (χ0) is 22.7. The van der Waals surface area contributed by atoms with Crippen LogP contribution in [0.2, 0.25) is 0 Å². The minimum atomic E-state index is -0.855. The predicted octanol–water partition coefficient (Wildman–Crippen LogP) is 2.97. The van der Waals surface area contributed by atoms with Crippen molar-refractivity contribution in [3.05, 3.63) is 39.2 Å². The monoisotopic (exact) mass is 426 g/mol. The van der Waals surface area contributed by atoms with Crippen LogP contribution in [0.4, 0.5) is 5.69 Å². The number of hydrogen-bond donors (Lipinski definition) is 0. The number of fused-ring (bicyclic) bond motifs is 2. The average molecular weight is 426 g/mol. The molecule has 2 aromatic rings. The lowest BCUT2D eigenvalue weighted by atomic mass is 9.80. The smallest absolute Gasteiger partial charge is 0.340 e. The molecule has 31 heavy (non-hydrogen) atoms. The molecule has 1 saturated heterocycles. The summed E-state index contributed by atoms with van der Waals surface area (Å²) < 4.78 is 5.57. The summed E-state index contributed by atoms with van der Waals surface area (Å²) in [6, 6.07) is 3.92. The minimum absolute atomic E-state index is 0.0117. The molecule has 4 rings (SSSR count). The minimum Gasteiger partial charge on any atom is -0.422 e. The lowest BCUT2D eigenvalue weighted by Crippen LogP contribution is -2.45. The summed E-state index contributed by atoms with van der Waals surface area (Å²) in [4.78, 5) is 55.4. The number of anilines is 1. The zero-order valence-corrected chi connectivity index (χ0v) is 18.4. The molecule has 0 saturated carbocycles. The van der Waals surface area contributed by atoms with E-state index in [4.69, 9.17) is 9.25 Å². The SMILES string of the molecule is Cc1c(CC(=O)ON2C(=O)CCC2=O)c(=O)oc2cc3c(cc12)C(C)CC(C)(C)N3C. The lowest BCUT2D eigenvalue weighted by Gasteiger charge is -2.45. The Labute approximate surface area is 179 Å². The first-order chi connectivity index (χ1) is 14.5. The molecule has 2 aliphatic heterocycles. The maximum Gasteiger partial charge on any atom is 0.340 e. The Balaban J connectivity index is 1.71. The first-order valence-corrected chi connectivity index (χ1v) is 10.4. The first kappa shape index (κ1) is 21.1. The summed E-state index contributed by atoms with van der Waals surface area (Å²) in [5.41, 5.74) is 2.78. The maximum absolute atomic E-state index is 12.7. The van der Waals surface area contributed by atoms with Gasteiger partial charge in [0.2, 0.25) is 0 Å². The fourth-order valence-corrected chi connectivity index (χ4v) is 4.59. The Morgan fingerprint density at radius 1 is 1.19 bits per heavy atom. The van der Waals surface area contributed by atoms with E-state index in [2.05, 4.69) is 25.7 Å². The van der Waals surface area contributed by atoms with Gasteiger partial charge in [-0.05, 0) is 50.3 Å². The molecule has 8 nitrogen and oxygen atoms in total. The van der Waals surface area contributed by atoms with Gasteiger partial charge < -0.3 is 14.2 Å². The van der Waals surface area contributed by atoms with Gasteiger partial charge in [0.05, 0.1) is 12.0 Å². The molecular formula is C23H26N2O6. The Kier molecular flexibility index (Phi) is 4.91. The van der Waals surface area contributed by atoms with Crippen molar-refractivity contribution in [2.75, 3.05) is 11.9 Å². The van der Waals surface area contributed by atoms with Crippen molar-refractivity contribution >= 4 is 34.4 Å². The van der Waals surface area contributed by atoms with Crippen LogP contribution in [0.25, 0.3) is 11.0 Å². The summed E-state index contributed by atoms with van der Waals surface area (Å²) in [7, 11) is 2.03. The summed E-state index contributed by atoms with van der Waals surface area (Å²) in [5.74, 6) is -1.66. The second-order valence-corrected chi connectivity index (χ2v) is 9.10. The number of carbonyl (C=O) groups excluding carboxylic acids is 3. The number of carbonyl (C=O) groups is 3. The standard InChI is InChI=1S/C23H26N2O6/c1-12-11-23(3,4)24(5)17-10-18-15(8-14(12)17)13(2)16(22(29)30-18)9-21(28)31-25-19(26)6-7-20(25)27/h8,10,12H,6-7,9,11H2,1-5H3. The highest BCUT2D eigenvalue weighted by Gasteiger charge is 2.35. The largest absolute Gasteiger partial charge is 0.422 e. The van der Waals surface area contributed by atoms with Crippen molar-refractivity contribution < 1.29 is 23.6 Å². The highest BCUT2D eigenvalue weighted by Crippen LogP contribution is 2.44. The summed E-state index contributed by atoms with van der Waals surface area (Å²) in [6.45, 7) is 8.31. The molecule has 1 fully saturated rings. The Bertz CT molecular complexity index is 1160. The number of hydrogen-bond acceptors (Lipinski definition) is 7. The van der Waals surface area contributed by atoms with Crippen LogP contribution < -0.4 is 10.5 Å². The number of aryl methyl sites for hydroxylation is 1. The van der Waals surface area contributed by atoms with Gasteiger partial charge in [0.25, 0.3) is 11.8 Å². The average Bonchev–Trinajstić information content (AvgIpc) is 3.00. The van der Waals surface area contributed by atoms with E-state index in [0.29, 0.717) is 22.1 Å². The van der Waals surface area contributed by atoms with E-state index >= 15 is 0 Å². The second-order valence-electron chi connectivity index (χ2n) is 9.10. The maximum atomic E-state index is 12.7. The summed E-state index contributed by atoms with van der Waals surface area (Å²) in [5, 5.41) is 1.24. The van der Waals surface area contributed by atoms with E-state index in [-0.39, 0.29) is 30.4 Å². The van der Waals surface area contributed by atoms with Gasteiger partial charge in [-0.1, -0.05) is 6.92 Å². The van der Waals surface area contributed by atoms with Crippen molar-refractivity contribution in [3.63, 3.8) is 0 Å². The van der Waals surface area contributed by atoms with E-state index in [1.807, 2.05) is 19.2 Å². The van der Waals surface area contributed by atoms with Crippen molar-refractivity contribution in [1.82, 2.24) is 5.06 Å². The molecule has 2 amide bonds. The van der Waals surface area contributed by atoms with Crippen LogP contribution in [0.15, 0.2) is 21.3 Å². The molecule has 1 aromatic carbocycles. The summed E-state index contributed by atoms with van der Waals surface area (Å²) >= 11 is 0. The van der Waals surface area contributed by atoms with Gasteiger partial charge in [-0.15, -0.1) is 5.06 Å². The third kappa shape index (κ3) is 3.49. The number of imide groups is 1. The van der Waals surface area contributed by atoms with Crippen LogP contribution in [-0.4, -0.2) is 35.4 Å². The number of rotatable bonds is 3. The molecule has 0 radical (unpaired) electrons. The molecule has 0 N–H and O–H groups in total. The van der Waals surface area contributed by atoms with Crippen LogP contribution in [-0.2, 0) is 25.6 Å². The van der Waals surface area contributed by atoms with E-state index in [0.717, 1.165) is 23.1 Å². The lowest BCUT2D eigenvalue weighted by molar-refractivity contribution is -0.197.